The lowest BCUT2D eigenvalue weighted by molar-refractivity contribution is -0.138. The Morgan fingerprint density at radius 1 is 0.341 bits per heavy atom. The van der Waals surface area contributed by atoms with Gasteiger partial charge in [-0.25, -0.2) is 0 Å². The molecule has 4 nitrogen and oxygen atoms in total. The summed E-state index contributed by atoms with van der Waals surface area (Å²) in [6, 6.07) is 75.5. The van der Waals surface area contributed by atoms with Gasteiger partial charge in [0.2, 0.25) is 0 Å². The van der Waals surface area contributed by atoms with E-state index in [1.807, 2.05) is 103 Å². The third-order valence-corrected chi connectivity index (χ3v) is 17.9. The number of benzene rings is 11. The maximum atomic E-state index is 15.8. The molecule has 0 spiro atoms. The fourth-order valence-corrected chi connectivity index (χ4v) is 14.6. The van der Waals surface area contributed by atoms with E-state index in [0.29, 0.717) is 45.9 Å². The van der Waals surface area contributed by atoms with Crippen molar-refractivity contribution in [1.29, 1.82) is 0 Å². The number of aryl methyl sites for hydroxylation is 1. The van der Waals surface area contributed by atoms with Crippen LogP contribution in [0.3, 0.4) is 0 Å². The maximum absolute atomic E-state index is 15.8. The number of alkyl halides is 6. The summed E-state index contributed by atoms with van der Waals surface area (Å²) >= 11 is 0. The van der Waals surface area contributed by atoms with Crippen LogP contribution in [0.5, 0.6) is 0 Å². The van der Waals surface area contributed by atoms with Crippen molar-refractivity contribution in [1.82, 2.24) is 18.3 Å². The van der Waals surface area contributed by atoms with Crippen molar-refractivity contribution in [3.63, 3.8) is 0 Å². The first-order valence-corrected chi connectivity index (χ1v) is 28.5. The number of fused-ring (bicyclic) bond motifs is 15. The number of hydrogen-bond acceptors (Lipinski definition) is 0. The quantitative estimate of drug-likeness (QED) is 0.148. The summed E-state index contributed by atoms with van der Waals surface area (Å²) in [6.07, 6.45) is -3.84. The van der Waals surface area contributed by atoms with Crippen molar-refractivity contribution in [2.75, 3.05) is 0 Å². The molecule has 4 heterocycles. The van der Waals surface area contributed by atoms with Gasteiger partial charge in [-0.2, -0.15) is 26.3 Å². The van der Waals surface area contributed by atoms with E-state index in [0.717, 1.165) is 117 Å². The monoisotopic (exact) mass is 1120 g/mol. The highest BCUT2D eigenvalue weighted by Gasteiger charge is 2.44. The van der Waals surface area contributed by atoms with Gasteiger partial charge in [0.25, 0.3) is 0 Å². The zero-order chi connectivity index (χ0) is 57.0. The number of nitrogens with zero attached hydrogens (tertiary/aromatic N) is 4. The molecule has 0 saturated heterocycles. The summed E-state index contributed by atoms with van der Waals surface area (Å²) in [5, 5.41) is 6.70. The van der Waals surface area contributed by atoms with E-state index in [2.05, 4.69) is 127 Å². The van der Waals surface area contributed by atoms with E-state index in [1.54, 1.807) is 0 Å². The summed E-state index contributed by atoms with van der Waals surface area (Å²) in [4.78, 5) is 0. The number of allylic oxidation sites excluding steroid dienone is 1. The third kappa shape index (κ3) is 7.05. The molecule has 11 aromatic carbocycles. The topological polar surface area (TPSA) is 19.7 Å². The molecule has 408 valence electrons. The van der Waals surface area contributed by atoms with E-state index in [4.69, 9.17) is 0 Å². The Labute approximate surface area is 482 Å². The summed E-state index contributed by atoms with van der Waals surface area (Å²) in [5.41, 5.74) is 12.0. The second-order valence-corrected chi connectivity index (χ2v) is 22.3. The molecule has 10 heteroatoms. The Balaban J connectivity index is 1.26. The van der Waals surface area contributed by atoms with E-state index >= 15 is 26.3 Å². The number of aromatic nitrogens is 4. The van der Waals surface area contributed by atoms with Crippen molar-refractivity contribution < 1.29 is 26.3 Å². The molecule has 4 aromatic heterocycles. The first-order chi connectivity index (χ1) is 41.5. The summed E-state index contributed by atoms with van der Waals surface area (Å²) in [6.45, 7) is 0. The van der Waals surface area contributed by atoms with Crippen LogP contribution in [0.15, 0.2) is 243 Å². The molecule has 85 heavy (non-hydrogen) atoms. The van der Waals surface area contributed by atoms with Gasteiger partial charge in [0.15, 0.2) is 0 Å². The van der Waals surface area contributed by atoms with E-state index < -0.39 is 29.4 Å². The number of halogens is 6. The van der Waals surface area contributed by atoms with Crippen molar-refractivity contribution >= 4 is 82.4 Å². The minimum absolute atomic E-state index is 0.238. The predicted octanol–water partition coefficient (Wildman–Crippen LogP) is 20.7. The largest absolute Gasteiger partial charge is 0.416 e. The SMILES string of the molecule is FC(F)(F)c1ccc2c(c1)C(c1c(-n3c4c(c5ccccc53)CCC=C4)c(-n3c4ccccc4c4ccccc43)c(-c3ccccc3)c(-n3c4ccccc4c4ccccc43)c1-n1c3ccccc3c3ccccc31)c1cc(C(F)(F)F)ccc1-2. The van der Waals surface area contributed by atoms with Crippen LogP contribution >= 0.6 is 0 Å². The number of rotatable bonds is 6. The lowest BCUT2D eigenvalue weighted by Crippen LogP contribution is -2.20. The molecular weight excluding hydrogens is 1070 g/mol. The smallest absolute Gasteiger partial charge is 0.307 e. The van der Waals surface area contributed by atoms with Gasteiger partial charge in [-0.05, 0) is 119 Å². The summed E-state index contributed by atoms with van der Waals surface area (Å²) < 4.78 is 104. The molecule has 0 radical (unpaired) electrons. The molecular formula is C75H46F6N4. The second kappa shape index (κ2) is 18.1. The minimum atomic E-state index is -4.82. The van der Waals surface area contributed by atoms with Gasteiger partial charge >= 0.3 is 12.4 Å². The third-order valence-electron chi connectivity index (χ3n) is 17.9. The van der Waals surface area contributed by atoms with Crippen LogP contribution in [0.4, 0.5) is 26.3 Å². The van der Waals surface area contributed by atoms with Crippen molar-refractivity contribution in [2.45, 2.75) is 31.1 Å². The molecule has 2 aliphatic carbocycles. The fourth-order valence-electron chi connectivity index (χ4n) is 14.6. The fraction of sp³-hybridized carbons (Fsp3) is 0.0667. The van der Waals surface area contributed by atoms with Crippen molar-refractivity contribution in [3.8, 4) is 45.0 Å². The van der Waals surface area contributed by atoms with Gasteiger partial charge < -0.3 is 18.3 Å². The van der Waals surface area contributed by atoms with E-state index in [9.17, 15) is 0 Å². The molecule has 0 atom stereocenters. The lowest BCUT2D eigenvalue weighted by Gasteiger charge is -2.34. The highest BCUT2D eigenvalue weighted by Crippen LogP contribution is 2.59. The van der Waals surface area contributed by atoms with E-state index in [-0.39, 0.29) is 11.1 Å². The lowest BCUT2D eigenvalue weighted by atomic mass is 9.82. The average molecular weight is 1120 g/mol. The Morgan fingerprint density at radius 2 is 0.682 bits per heavy atom. The van der Waals surface area contributed by atoms with Gasteiger partial charge in [-0.1, -0.05) is 176 Å². The van der Waals surface area contributed by atoms with Gasteiger partial charge in [-0.3, -0.25) is 0 Å². The van der Waals surface area contributed by atoms with Crippen LogP contribution in [0.25, 0.3) is 127 Å². The Morgan fingerprint density at radius 3 is 1.08 bits per heavy atom. The predicted molar refractivity (Wildman–Crippen MR) is 332 cm³/mol. The normalized spacial score (nSPS) is 13.6. The molecule has 0 aliphatic heterocycles. The van der Waals surface area contributed by atoms with Crippen LogP contribution in [0.1, 0.15) is 51.4 Å². The van der Waals surface area contributed by atoms with Crippen LogP contribution < -0.4 is 0 Å². The highest BCUT2D eigenvalue weighted by atomic mass is 19.4. The molecule has 0 unspecified atom stereocenters. The highest BCUT2D eigenvalue weighted by molar-refractivity contribution is 6.16. The molecule has 17 rings (SSSR count). The van der Waals surface area contributed by atoms with Gasteiger partial charge in [0.05, 0.1) is 72.5 Å². The Kier molecular flexibility index (Phi) is 10.5. The summed E-state index contributed by atoms with van der Waals surface area (Å²) in [5.74, 6) is -1.28. The molecule has 0 saturated carbocycles. The molecule has 0 fully saturated rings. The average Bonchev–Trinajstić information content (AvgIpc) is 1.64. The van der Waals surface area contributed by atoms with Crippen LogP contribution in [0.2, 0.25) is 0 Å². The molecule has 0 amide bonds. The summed E-state index contributed by atoms with van der Waals surface area (Å²) in [7, 11) is 0. The zero-order valence-electron chi connectivity index (χ0n) is 45.2. The molecule has 2 aliphatic rings. The maximum Gasteiger partial charge on any atom is 0.416 e. The number of hydrogen-bond donors (Lipinski definition) is 0. The molecule has 0 N–H and O–H groups in total. The second-order valence-electron chi connectivity index (χ2n) is 22.3. The van der Waals surface area contributed by atoms with E-state index in [1.165, 1.54) is 24.3 Å². The Bertz CT molecular complexity index is 5130. The van der Waals surface area contributed by atoms with Gasteiger partial charge in [0, 0.05) is 60.4 Å². The first kappa shape index (κ1) is 49.3. The van der Waals surface area contributed by atoms with Gasteiger partial charge in [0.1, 0.15) is 0 Å². The molecule has 15 aromatic rings. The zero-order valence-corrected chi connectivity index (χ0v) is 45.2. The standard InChI is InChI=1S/C75H46F6N4/c76-74(77,78)45-38-40-47-48-41-39-46(75(79,80)81)43-58(48)68(57(47)42-45)69-72(84-63-34-16-8-26-53(63)54-27-9-17-35-64(54)84)70(82-59-30-12-4-22-49(59)50-23-5-13-31-60(50)82)67(44-20-2-1-3-21-44)71(83-61-32-14-6-24-51(61)52-25-7-15-33-62(52)83)73(69)85-65-36-18-10-28-55(65)56-29-11-19-37-66(56)85/h1-10,12-28,30-43,68H,11,29H2. The van der Waals surface area contributed by atoms with Crippen LogP contribution in [0, 0.1) is 0 Å². The molecule has 0 bridgehead atoms. The van der Waals surface area contributed by atoms with Gasteiger partial charge in [-0.15, -0.1) is 0 Å². The minimum Gasteiger partial charge on any atom is -0.307 e. The van der Waals surface area contributed by atoms with Crippen LogP contribution in [-0.4, -0.2) is 18.3 Å². The number of para-hydroxylation sites is 7. The Hall–Kier alpha value is -10.3. The van der Waals surface area contributed by atoms with Crippen LogP contribution in [-0.2, 0) is 18.8 Å². The first-order valence-electron chi connectivity index (χ1n) is 28.5. The van der Waals surface area contributed by atoms with Crippen molar-refractivity contribution in [3.05, 3.63) is 282 Å². The van der Waals surface area contributed by atoms with Crippen molar-refractivity contribution in [2.24, 2.45) is 0 Å².